The lowest BCUT2D eigenvalue weighted by molar-refractivity contribution is 0.0657. The Morgan fingerprint density at radius 2 is 0.829 bits per heavy atom. The highest BCUT2D eigenvalue weighted by molar-refractivity contribution is 5.58. The molecule has 36 heteroatoms. The first kappa shape index (κ1) is 84.0. The predicted octanol–water partition coefficient (Wildman–Crippen LogP) is 17.3. The molecule has 8 N–H and O–H groups in total. The van der Waals surface area contributed by atoms with Gasteiger partial charge in [0.25, 0.3) is 0 Å². The fourth-order valence-electron chi connectivity index (χ4n) is 12.8. The van der Waals surface area contributed by atoms with Gasteiger partial charge in [0.1, 0.15) is 81.5 Å². The molecular weight excluding hydrogens is 1520 g/mol. The fraction of sp³-hybridized carbons (Fsp3) is 0.395. The molecule has 0 amide bonds. The molecule has 9 heterocycles. The molecule has 2 saturated carbocycles. The van der Waals surface area contributed by atoms with E-state index in [-0.39, 0.29) is 0 Å². The Morgan fingerprint density at radius 3 is 1.28 bits per heavy atom. The van der Waals surface area contributed by atoms with Gasteiger partial charge in [-0.05, 0) is 104 Å². The third-order valence-electron chi connectivity index (χ3n) is 19.7. The Kier molecular flexibility index (Phi) is 27.2. The number of H-pyrrole nitrogens is 1. The second-order valence-electron chi connectivity index (χ2n) is 28.8. The van der Waals surface area contributed by atoms with Crippen molar-refractivity contribution in [3.05, 3.63) is 218 Å². The van der Waals surface area contributed by atoms with E-state index in [1.165, 1.54) is 79.9 Å². The van der Waals surface area contributed by atoms with E-state index in [0.717, 1.165) is 73.2 Å². The number of hydrogen-bond donors (Lipinski definition) is 8. The van der Waals surface area contributed by atoms with Gasteiger partial charge < -0.3 is 42.0 Å². The van der Waals surface area contributed by atoms with Crippen LogP contribution in [0.25, 0.3) is 0 Å². The molecule has 28 nitrogen and oxygen atoms in total. The van der Waals surface area contributed by atoms with Crippen LogP contribution in [0.1, 0.15) is 204 Å². The Balaban J connectivity index is 0.000000144. The number of ether oxygens (including phenoxy) is 1. The van der Waals surface area contributed by atoms with Gasteiger partial charge in [0.2, 0.25) is 35.7 Å². The van der Waals surface area contributed by atoms with Crippen LogP contribution >= 0.6 is 0 Å². The number of aryl methyl sites for hydroxylation is 8. The summed E-state index contributed by atoms with van der Waals surface area (Å²) in [5, 5.41) is 42.8. The Labute approximate surface area is 671 Å². The summed E-state index contributed by atoms with van der Waals surface area (Å²) in [4.78, 5) is 50.4. The van der Waals surface area contributed by atoms with Crippen LogP contribution in [0.15, 0.2) is 103 Å². The second kappa shape index (κ2) is 37.9. The average Bonchev–Trinajstić information content (AvgIpc) is 1.82. The summed E-state index contributed by atoms with van der Waals surface area (Å²) in [7, 11) is 5.61. The molecule has 0 radical (unpaired) electrons. The normalized spacial score (nSPS) is 14.3. The van der Waals surface area contributed by atoms with Gasteiger partial charge in [-0.2, -0.15) is 65.3 Å². The van der Waals surface area contributed by atoms with Gasteiger partial charge in [-0.3, -0.25) is 24.0 Å². The second-order valence-corrected chi connectivity index (χ2v) is 28.8. The Bertz CT molecular complexity index is 5370. The molecule has 3 fully saturated rings. The molecule has 2 aliphatic carbocycles. The number of anilines is 12. The lowest BCUT2D eigenvalue weighted by atomic mass is 10.1. The van der Waals surface area contributed by atoms with Crippen LogP contribution in [-0.4, -0.2) is 115 Å². The quantitative estimate of drug-likeness (QED) is 0.0222. The third-order valence-corrected chi connectivity index (χ3v) is 19.7. The van der Waals surface area contributed by atoms with Crippen LogP contribution in [-0.2, 0) is 44.5 Å². The summed E-state index contributed by atoms with van der Waals surface area (Å²) < 4.78 is 120. The van der Waals surface area contributed by atoms with E-state index in [9.17, 15) is 35.1 Å². The van der Waals surface area contributed by atoms with Crippen LogP contribution in [0.2, 0.25) is 0 Å². The SMILES string of the molecule is CCc1nc(NC(C)c2ccc(F)cc2F)nc(N(C)c2cc(C3CC3)[nH]n2)n1.CCc1nc(Nc2cc(C)n(C)n2)nc(NC(C)c2ccc(F)cc2F)n1.CCc1nc(Nc2cc(C)n(C3CCOCC3)n2)cc(NC(C)c2ccc(F)cc2F)n1.CCc1nc(Nc2cc(C3CC3)n(C)n2)nc(NC(C)c2ccc(F)cc2F)n1. The maximum Gasteiger partial charge on any atom is 0.235 e. The standard InChI is InChI=1S/C23H28F2N6O.2C20H23F2N7.C18H21F2N7/c1-4-20-27-21(26-15(3)18-6-5-16(24)12-19(18)25)13-22(28-20)29-23-11-14(2)31(30-23)17-7-9-32-10-8-17;1-4-17-24-19(23-11(2)14-8-7-13(21)9-15(14)22)26-20(25-17)29(3)18-10-16(27-28-18)12-5-6-12;1-4-17-24-19(23-11(2)14-8-7-13(21)9-15(14)22)27-20(25-17)26-18-10-16(12-5-6-12)29(3)28-18;1-5-15-22-17(21-11(3)13-7-6-12(19)9-14(13)20)25-18(23-15)24-16-8-10(2)27(4)26-16/h5-6,11-13,15,17H,4,7-10H2,1-3H3,(H2,26,27,28,29,30);7-12H,4-6H2,1-3H3,(H,27,28)(H,23,24,25,26);7-12H,4-6H2,1-3H3,(H2,23,24,25,26,27,28);6-9,11H,5H2,1-4H3,(H2,21,22,23,24,25,26). The van der Waals surface area contributed by atoms with E-state index >= 15 is 0 Å². The number of nitrogens with zero attached hydrogens (tertiary/aromatic N) is 19. The Hall–Kier alpha value is -12.4. The summed E-state index contributed by atoms with van der Waals surface area (Å²) in [6.45, 7) is 20.4. The highest BCUT2D eigenvalue weighted by atomic mass is 19.2. The predicted molar refractivity (Wildman–Crippen MR) is 430 cm³/mol. The van der Waals surface area contributed by atoms with Gasteiger partial charge in [-0.15, -0.1) is 0 Å². The zero-order valence-electron chi connectivity index (χ0n) is 67.3. The van der Waals surface area contributed by atoms with Gasteiger partial charge in [0.05, 0.1) is 30.2 Å². The fourth-order valence-corrected chi connectivity index (χ4v) is 12.8. The largest absolute Gasteiger partial charge is 0.381 e. The van der Waals surface area contributed by atoms with Gasteiger partial charge in [0, 0.05) is 172 Å². The van der Waals surface area contributed by atoms with Crippen LogP contribution in [0.4, 0.5) is 106 Å². The van der Waals surface area contributed by atoms with Crippen molar-refractivity contribution < 1.29 is 39.9 Å². The van der Waals surface area contributed by atoms with Gasteiger partial charge >= 0.3 is 0 Å². The number of aromatic nitrogens is 19. The van der Waals surface area contributed by atoms with Crippen LogP contribution in [0.3, 0.4) is 0 Å². The molecule has 0 spiro atoms. The summed E-state index contributed by atoms with van der Waals surface area (Å²) in [6.07, 6.45) is 9.11. The van der Waals surface area contributed by atoms with Gasteiger partial charge in [0.15, 0.2) is 23.3 Å². The molecule has 0 bridgehead atoms. The minimum atomic E-state index is -0.623. The zero-order valence-corrected chi connectivity index (χ0v) is 67.3. The van der Waals surface area contributed by atoms with E-state index in [1.807, 2.05) is 96.3 Å². The number of aromatic amines is 1. The number of nitrogens with one attached hydrogen (secondary N) is 8. The molecule has 1 saturated heterocycles. The van der Waals surface area contributed by atoms with Crippen molar-refractivity contribution in [2.45, 2.75) is 175 Å². The third kappa shape index (κ3) is 22.4. The van der Waals surface area contributed by atoms with Crippen molar-refractivity contribution in [2.24, 2.45) is 14.1 Å². The molecule has 117 heavy (non-hydrogen) atoms. The van der Waals surface area contributed by atoms with E-state index in [4.69, 9.17) is 9.84 Å². The molecule has 4 atom stereocenters. The van der Waals surface area contributed by atoms with Crippen molar-refractivity contribution in [2.75, 3.05) is 62.4 Å². The van der Waals surface area contributed by atoms with Crippen LogP contribution in [0, 0.1) is 60.4 Å². The first-order chi connectivity index (χ1) is 56.1. The zero-order chi connectivity index (χ0) is 83.3. The van der Waals surface area contributed by atoms with Crippen molar-refractivity contribution >= 4 is 70.6 Å². The lowest BCUT2D eigenvalue weighted by Gasteiger charge is -2.23. The lowest BCUT2D eigenvalue weighted by Crippen LogP contribution is -2.21. The maximum atomic E-state index is 14.2. The Morgan fingerprint density at radius 1 is 0.419 bits per heavy atom. The number of hydrogen-bond acceptors (Lipinski definition) is 24. The maximum absolute atomic E-state index is 14.2. The molecule has 15 rings (SSSR count). The minimum absolute atomic E-state index is 0.299. The highest BCUT2D eigenvalue weighted by Crippen LogP contribution is 2.42. The van der Waals surface area contributed by atoms with E-state index in [0.29, 0.717) is 154 Å². The van der Waals surface area contributed by atoms with Crippen molar-refractivity contribution in [1.29, 1.82) is 0 Å². The average molecular weight is 1610 g/mol. The van der Waals surface area contributed by atoms with Crippen molar-refractivity contribution in [3.8, 4) is 0 Å². The molecule has 8 aromatic heterocycles. The monoisotopic (exact) mass is 1610 g/mol. The smallest absolute Gasteiger partial charge is 0.235 e. The van der Waals surface area contributed by atoms with Crippen LogP contribution < -0.4 is 42.1 Å². The molecule has 3 aliphatic rings. The summed E-state index contributed by atoms with van der Waals surface area (Å²) >= 11 is 0. The highest BCUT2D eigenvalue weighted by Gasteiger charge is 2.30. The summed E-state index contributed by atoms with van der Waals surface area (Å²) in [6, 6.07) is 22.3. The van der Waals surface area contributed by atoms with Gasteiger partial charge in [-0.25, -0.2) is 45.1 Å². The molecule has 616 valence electrons. The topological polar surface area (TPSA) is 321 Å². The van der Waals surface area contributed by atoms with Crippen LogP contribution in [0.5, 0.6) is 0 Å². The minimum Gasteiger partial charge on any atom is -0.381 e. The first-order valence-electron chi connectivity index (χ1n) is 38.9. The molecule has 4 aromatic carbocycles. The molecule has 1 aliphatic heterocycles. The van der Waals surface area contributed by atoms with Crippen molar-refractivity contribution in [1.82, 2.24) is 94.4 Å². The number of rotatable bonds is 27. The molecule has 4 unspecified atom stereocenters. The number of halogens is 8. The van der Waals surface area contributed by atoms with Crippen molar-refractivity contribution in [3.63, 3.8) is 0 Å². The summed E-state index contributed by atoms with van der Waals surface area (Å²) in [5.74, 6) is 4.65. The van der Waals surface area contributed by atoms with E-state index < -0.39 is 70.7 Å². The van der Waals surface area contributed by atoms with E-state index in [2.05, 4.69) is 112 Å². The molecular formula is C81H95F8N27O. The first-order valence-corrected chi connectivity index (χ1v) is 38.9. The number of benzene rings is 4. The summed E-state index contributed by atoms with van der Waals surface area (Å²) in [5.41, 5.74) is 5.72. The van der Waals surface area contributed by atoms with E-state index in [1.54, 1.807) is 43.3 Å². The van der Waals surface area contributed by atoms with Gasteiger partial charge in [-0.1, -0.05) is 52.0 Å². The molecule has 12 aromatic rings.